The number of ether oxygens (including phenoxy) is 1. The molecular weight excluding hydrogens is 398 g/mol. The third-order valence-corrected chi connectivity index (χ3v) is 4.39. The Morgan fingerprint density at radius 3 is 2.79 bits per heavy atom. The lowest BCUT2D eigenvalue weighted by molar-refractivity contribution is -0.147. The van der Waals surface area contributed by atoms with Crippen molar-refractivity contribution in [3.63, 3.8) is 0 Å². The lowest BCUT2D eigenvalue weighted by Gasteiger charge is -2.07. The SMILES string of the molecule is N#Cc1ccc(NC(=O)COC(=O)CCCn2c(=O)oc3ccccc32)cc1Cl. The number of esters is 1. The molecular formula is C20H16ClN3O5. The van der Waals surface area contributed by atoms with Gasteiger partial charge >= 0.3 is 11.7 Å². The van der Waals surface area contributed by atoms with Crippen molar-refractivity contribution in [1.82, 2.24) is 4.57 Å². The smallest absolute Gasteiger partial charge is 0.419 e. The Kier molecular flexibility index (Phi) is 6.32. The second-order valence-corrected chi connectivity index (χ2v) is 6.51. The number of anilines is 1. The van der Waals surface area contributed by atoms with Crippen LogP contribution in [0.25, 0.3) is 11.1 Å². The minimum absolute atomic E-state index is 0.0436. The van der Waals surface area contributed by atoms with E-state index >= 15 is 0 Å². The molecule has 0 aliphatic rings. The van der Waals surface area contributed by atoms with E-state index in [0.29, 0.717) is 35.3 Å². The molecule has 3 aromatic rings. The van der Waals surface area contributed by atoms with Crippen molar-refractivity contribution in [1.29, 1.82) is 5.26 Å². The molecule has 3 rings (SSSR count). The van der Waals surface area contributed by atoms with Crippen LogP contribution >= 0.6 is 11.6 Å². The molecule has 0 aliphatic carbocycles. The van der Waals surface area contributed by atoms with Crippen LogP contribution < -0.4 is 11.1 Å². The topological polar surface area (TPSA) is 114 Å². The molecule has 0 saturated heterocycles. The summed E-state index contributed by atoms with van der Waals surface area (Å²) in [5, 5.41) is 11.6. The van der Waals surface area contributed by atoms with Gasteiger partial charge in [-0.15, -0.1) is 0 Å². The highest BCUT2D eigenvalue weighted by atomic mass is 35.5. The minimum Gasteiger partial charge on any atom is -0.456 e. The predicted octanol–water partition coefficient (Wildman–Crippen LogP) is 3.08. The van der Waals surface area contributed by atoms with E-state index in [1.54, 1.807) is 24.3 Å². The number of aryl methyl sites for hydroxylation is 1. The predicted molar refractivity (Wildman–Crippen MR) is 105 cm³/mol. The summed E-state index contributed by atoms with van der Waals surface area (Å²) in [6, 6.07) is 13.4. The molecule has 8 nitrogen and oxygen atoms in total. The highest BCUT2D eigenvalue weighted by Gasteiger charge is 2.11. The summed E-state index contributed by atoms with van der Waals surface area (Å²) in [5.41, 5.74) is 1.83. The van der Waals surface area contributed by atoms with Crippen molar-refractivity contribution in [2.24, 2.45) is 0 Å². The van der Waals surface area contributed by atoms with E-state index in [0.717, 1.165) is 0 Å². The van der Waals surface area contributed by atoms with E-state index in [4.69, 9.17) is 26.0 Å². The first-order valence-electron chi connectivity index (χ1n) is 8.71. The fraction of sp³-hybridized carbons (Fsp3) is 0.200. The van der Waals surface area contributed by atoms with Gasteiger partial charge in [0.15, 0.2) is 12.2 Å². The van der Waals surface area contributed by atoms with E-state index in [-0.39, 0.29) is 11.4 Å². The quantitative estimate of drug-likeness (QED) is 0.595. The fourth-order valence-corrected chi connectivity index (χ4v) is 2.93. The van der Waals surface area contributed by atoms with E-state index < -0.39 is 24.2 Å². The minimum atomic E-state index is -0.557. The fourth-order valence-electron chi connectivity index (χ4n) is 2.71. The van der Waals surface area contributed by atoms with Gasteiger partial charge in [0.2, 0.25) is 0 Å². The molecule has 9 heteroatoms. The number of nitriles is 1. The number of benzene rings is 2. The van der Waals surface area contributed by atoms with Gasteiger partial charge in [-0.3, -0.25) is 14.2 Å². The molecule has 2 aromatic carbocycles. The van der Waals surface area contributed by atoms with Crippen molar-refractivity contribution in [2.45, 2.75) is 19.4 Å². The molecule has 0 atom stereocenters. The summed E-state index contributed by atoms with van der Waals surface area (Å²) in [4.78, 5) is 35.6. The molecule has 0 saturated carbocycles. The van der Waals surface area contributed by atoms with Crippen molar-refractivity contribution in [3.8, 4) is 6.07 Å². The van der Waals surface area contributed by atoms with E-state index in [9.17, 15) is 14.4 Å². The number of para-hydroxylation sites is 2. The highest BCUT2D eigenvalue weighted by Crippen LogP contribution is 2.20. The molecule has 0 fully saturated rings. The van der Waals surface area contributed by atoms with Gasteiger partial charge < -0.3 is 14.5 Å². The summed E-state index contributed by atoms with van der Waals surface area (Å²) in [6.45, 7) is -0.161. The first-order valence-corrected chi connectivity index (χ1v) is 9.09. The van der Waals surface area contributed by atoms with Gasteiger partial charge in [0.05, 0.1) is 16.1 Å². The number of hydrogen-bond acceptors (Lipinski definition) is 6. The van der Waals surface area contributed by atoms with Gasteiger partial charge in [0.25, 0.3) is 5.91 Å². The Balaban J connectivity index is 1.44. The molecule has 29 heavy (non-hydrogen) atoms. The molecule has 1 N–H and O–H groups in total. The summed E-state index contributed by atoms with van der Waals surface area (Å²) in [6.07, 6.45) is 0.400. The first-order chi connectivity index (χ1) is 14.0. The van der Waals surface area contributed by atoms with Gasteiger partial charge in [0, 0.05) is 18.7 Å². The Bertz CT molecular complexity index is 1160. The number of fused-ring (bicyclic) bond motifs is 1. The lowest BCUT2D eigenvalue weighted by Crippen LogP contribution is -2.21. The maximum Gasteiger partial charge on any atom is 0.419 e. The summed E-state index contributed by atoms with van der Waals surface area (Å²) >= 11 is 5.90. The van der Waals surface area contributed by atoms with Crippen LogP contribution in [-0.4, -0.2) is 23.1 Å². The number of amides is 1. The molecule has 0 spiro atoms. The van der Waals surface area contributed by atoms with E-state index in [1.807, 2.05) is 6.07 Å². The molecule has 1 heterocycles. The van der Waals surface area contributed by atoms with Crippen LogP contribution in [0.3, 0.4) is 0 Å². The summed E-state index contributed by atoms with van der Waals surface area (Å²) in [5.74, 6) is -1.57. The van der Waals surface area contributed by atoms with Crippen LogP contribution in [0.1, 0.15) is 18.4 Å². The number of nitrogens with one attached hydrogen (secondary N) is 1. The van der Waals surface area contributed by atoms with Gasteiger partial charge in [-0.25, -0.2) is 4.79 Å². The number of rotatable bonds is 7. The zero-order chi connectivity index (χ0) is 20.8. The maximum absolute atomic E-state index is 11.9. The normalized spacial score (nSPS) is 10.5. The van der Waals surface area contributed by atoms with Gasteiger partial charge in [0.1, 0.15) is 6.07 Å². The molecule has 0 aliphatic heterocycles. The second-order valence-electron chi connectivity index (χ2n) is 6.11. The highest BCUT2D eigenvalue weighted by molar-refractivity contribution is 6.32. The van der Waals surface area contributed by atoms with Crippen molar-refractivity contribution < 1.29 is 18.7 Å². The van der Waals surface area contributed by atoms with Crippen LogP contribution in [0.15, 0.2) is 51.7 Å². The molecule has 1 aromatic heterocycles. The third kappa shape index (κ3) is 5.03. The Morgan fingerprint density at radius 1 is 1.24 bits per heavy atom. The zero-order valence-electron chi connectivity index (χ0n) is 15.2. The number of carbonyl (C=O) groups is 2. The maximum atomic E-state index is 11.9. The zero-order valence-corrected chi connectivity index (χ0v) is 15.9. The van der Waals surface area contributed by atoms with Gasteiger partial charge in [-0.1, -0.05) is 23.7 Å². The van der Waals surface area contributed by atoms with E-state index in [1.165, 1.54) is 22.8 Å². The summed E-state index contributed by atoms with van der Waals surface area (Å²) in [7, 11) is 0. The van der Waals surface area contributed by atoms with Gasteiger partial charge in [-0.2, -0.15) is 5.26 Å². The van der Waals surface area contributed by atoms with Crippen molar-refractivity contribution in [2.75, 3.05) is 11.9 Å². The number of nitrogens with zero attached hydrogens (tertiary/aromatic N) is 2. The number of aromatic nitrogens is 1. The standard InChI is InChI=1S/C20H16ClN3O5/c21-15-10-14(8-7-13(15)11-22)23-18(25)12-28-19(26)6-3-9-24-16-4-1-2-5-17(16)29-20(24)27/h1-2,4-5,7-8,10H,3,6,9,12H2,(H,23,25). The lowest BCUT2D eigenvalue weighted by atomic mass is 10.2. The monoisotopic (exact) mass is 413 g/mol. The average molecular weight is 414 g/mol. The Hall–Kier alpha value is -3.57. The molecule has 148 valence electrons. The van der Waals surface area contributed by atoms with E-state index in [2.05, 4.69) is 5.32 Å². The molecule has 0 unspecified atom stereocenters. The Labute approximate surface area is 170 Å². The third-order valence-electron chi connectivity index (χ3n) is 4.07. The van der Waals surface area contributed by atoms with Crippen molar-refractivity contribution in [3.05, 3.63) is 63.6 Å². The molecule has 1 amide bonds. The second kappa shape index (κ2) is 9.08. The van der Waals surface area contributed by atoms with Crippen LogP contribution in [0.4, 0.5) is 5.69 Å². The average Bonchev–Trinajstić information content (AvgIpc) is 3.02. The summed E-state index contributed by atoms with van der Waals surface area (Å²) < 4.78 is 11.5. The first kappa shape index (κ1) is 20.2. The number of carbonyl (C=O) groups excluding carboxylic acids is 2. The van der Waals surface area contributed by atoms with Crippen LogP contribution in [0.2, 0.25) is 5.02 Å². The Morgan fingerprint density at radius 2 is 2.03 bits per heavy atom. The van der Waals surface area contributed by atoms with Gasteiger partial charge in [-0.05, 0) is 36.8 Å². The molecule has 0 radical (unpaired) electrons. The van der Waals surface area contributed by atoms with Crippen molar-refractivity contribution >= 4 is 40.3 Å². The van der Waals surface area contributed by atoms with Crippen LogP contribution in [0, 0.1) is 11.3 Å². The largest absolute Gasteiger partial charge is 0.456 e. The number of oxazole rings is 1. The number of halogens is 1. The van der Waals surface area contributed by atoms with Crippen LogP contribution in [0.5, 0.6) is 0 Å². The number of hydrogen-bond donors (Lipinski definition) is 1. The van der Waals surface area contributed by atoms with Crippen LogP contribution in [-0.2, 0) is 20.9 Å². The molecule has 0 bridgehead atoms.